The summed E-state index contributed by atoms with van der Waals surface area (Å²) >= 11 is 4.07. The highest BCUT2D eigenvalue weighted by molar-refractivity contribution is 7.80. The smallest absolute Gasteiger partial charge is 0.326 e. The molecule has 0 saturated carbocycles. The van der Waals surface area contributed by atoms with E-state index in [-0.39, 0.29) is 18.7 Å². The van der Waals surface area contributed by atoms with E-state index in [4.69, 9.17) is 5.73 Å². The van der Waals surface area contributed by atoms with Crippen LogP contribution in [0.3, 0.4) is 0 Å². The molecule has 2 rings (SSSR count). The number of rotatable bonds is 12. The Labute approximate surface area is 197 Å². The molecule has 6 N–H and O–H groups in total. The summed E-state index contributed by atoms with van der Waals surface area (Å²) in [5, 5.41) is 16.7. The van der Waals surface area contributed by atoms with Gasteiger partial charge in [-0.05, 0) is 17.5 Å². The van der Waals surface area contributed by atoms with Crippen molar-refractivity contribution in [3.05, 3.63) is 71.8 Å². The largest absolute Gasteiger partial charge is 0.480 e. The molecule has 0 aliphatic heterocycles. The number of carbonyl (C=O) groups is 4. The fraction of sp³-hybridized carbons (Fsp3) is 0.304. The van der Waals surface area contributed by atoms with Crippen LogP contribution in [-0.4, -0.2) is 59.2 Å². The van der Waals surface area contributed by atoms with Gasteiger partial charge < -0.3 is 26.8 Å². The third-order valence-corrected chi connectivity index (χ3v) is 5.16. The third kappa shape index (κ3) is 8.95. The van der Waals surface area contributed by atoms with Gasteiger partial charge >= 0.3 is 5.97 Å². The van der Waals surface area contributed by atoms with Crippen molar-refractivity contribution in [2.75, 3.05) is 12.3 Å². The second-order valence-electron chi connectivity index (χ2n) is 7.41. The number of nitrogens with two attached hydrogens (primary N) is 1. The molecular formula is C23H28N4O5S. The van der Waals surface area contributed by atoms with E-state index in [1.54, 1.807) is 30.3 Å². The fourth-order valence-corrected chi connectivity index (χ4v) is 3.28. The number of hydrogen-bond donors (Lipinski definition) is 6. The molecule has 2 aromatic rings. The molecule has 10 heteroatoms. The summed E-state index contributed by atoms with van der Waals surface area (Å²) in [6, 6.07) is 15.0. The van der Waals surface area contributed by atoms with Crippen molar-refractivity contribution in [3.63, 3.8) is 0 Å². The van der Waals surface area contributed by atoms with Crippen LogP contribution in [0.15, 0.2) is 60.7 Å². The molecule has 33 heavy (non-hydrogen) atoms. The van der Waals surface area contributed by atoms with Gasteiger partial charge in [0.15, 0.2) is 0 Å². The molecule has 9 nitrogen and oxygen atoms in total. The minimum atomic E-state index is -1.20. The Morgan fingerprint density at radius 2 is 1.36 bits per heavy atom. The Morgan fingerprint density at radius 1 is 0.818 bits per heavy atom. The van der Waals surface area contributed by atoms with Crippen LogP contribution in [0, 0.1) is 0 Å². The maximum Gasteiger partial charge on any atom is 0.326 e. The molecule has 3 unspecified atom stereocenters. The van der Waals surface area contributed by atoms with E-state index in [9.17, 15) is 24.3 Å². The van der Waals surface area contributed by atoms with Gasteiger partial charge in [0.05, 0.1) is 12.6 Å². The van der Waals surface area contributed by atoms with Crippen LogP contribution in [0.25, 0.3) is 0 Å². The predicted octanol–water partition coefficient (Wildman–Crippen LogP) is -0.101. The molecule has 3 atom stereocenters. The number of amides is 3. The number of hydrogen-bond acceptors (Lipinski definition) is 6. The summed E-state index contributed by atoms with van der Waals surface area (Å²) in [6.07, 6.45) is 0.401. The molecule has 176 valence electrons. The SMILES string of the molecule is NC(Cc1ccccc1)C(=O)NCC(=O)NC(CS)C(=O)NC(Cc1ccccc1)C(=O)O. The van der Waals surface area contributed by atoms with Gasteiger partial charge in [0.2, 0.25) is 17.7 Å². The van der Waals surface area contributed by atoms with E-state index in [2.05, 4.69) is 28.6 Å². The van der Waals surface area contributed by atoms with Gasteiger partial charge in [-0.25, -0.2) is 4.79 Å². The standard InChI is InChI=1S/C23H28N4O5S/c24-17(11-15-7-3-1-4-8-15)21(29)25-13-20(28)26-19(14-33)22(30)27-18(23(31)32)12-16-9-5-2-6-10-16/h1-10,17-19,33H,11-14,24H2,(H,25,29)(H,26,28)(H,27,30)(H,31,32). The highest BCUT2D eigenvalue weighted by Crippen LogP contribution is 2.05. The Hall–Kier alpha value is -3.37. The highest BCUT2D eigenvalue weighted by atomic mass is 32.1. The number of nitrogens with one attached hydrogen (secondary N) is 3. The van der Waals surface area contributed by atoms with Crippen molar-refractivity contribution >= 4 is 36.3 Å². The molecule has 0 aliphatic carbocycles. The molecule has 0 aromatic heterocycles. The second kappa shape index (κ2) is 13.2. The summed E-state index contributed by atoms with van der Waals surface area (Å²) in [5.41, 5.74) is 7.51. The molecule has 2 aromatic carbocycles. The molecule has 0 heterocycles. The van der Waals surface area contributed by atoms with Gasteiger partial charge in [-0.3, -0.25) is 14.4 Å². The summed E-state index contributed by atoms with van der Waals surface area (Å²) in [4.78, 5) is 48.5. The zero-order valence-corrected chi connectivity index (χ0v) is 18.8. The molecular weight excluding hydrogens is 444 g/mol. The highest BCUT2D eigenvalue weighted by Gasteiger charge is 2.26. The van der Waals surface area contributed by atoms with Gasteiger partial charge in [0.25, 0.3) is 0 Å². The molecule has 0 radical (unpaired) electrons. The van der Waals surface area contributed by atoms with Gasteiger partial charge in [-0.1, -0.05) is 60.7 Å². The monoisotopic (exact) mass is 472 g/mol. The van der Waals surface area contributed by atoms with Crippen LogP contribution < -0.4 is 21.7 Å². The number of carbonyl (C=O) groups excluding carboxylic acids is 3. The molecule has 0 saturated heterocycles. The third-order valence-electron chi connectivity index (χ3n) is 4.79. The van der Waals surface area contributed by atoms with E-state index in [0.717, 1.165) is 11.1 Å². The quantitative estimate of drug-likeness (QED) is 0.238. The first kappa shape index (κ1) is 25.9. The Morgan fingerprint density at radius 3 is 1.88 bits per heavy atom. The van der Waals surface area contributed by atoms with Crippen molar-refractivity contribution in [3.8, 4) is 0 Å². The summed E-state index contributed by atoms with van der Waals surface area (Å²) in [7, 11) is 0. The predicted molar refractivity (Wildman–Crippen MR) is 127 cm³/mol. The number of aliphatic carboxylic acids is 1. The Balaban J connectivity index is 1.83. The van der Waals surface area contributed by atoms with Gasteiger partial charge in [-0.2, -0.15) is 12.6 Å². The average molecular weight is 473 g/mol. The average Bonchev–Trinajstić information content (AvgIpc) is 2.81. The van der Waals surface area contributed by atoms with Crippen LogP contribution in [0.2, 0.25) is 0 Å². The van der Waals surface area contributed by atoms with E-state index in [1.807, 2.05) is 30.3 Å². The first-order valence-corrected chi connectivity index (χ1v) is 11.0. The van der Waals surface area contributed by atoms with Gasteiger partial charge in [-0.15, -0.1) is 0 Å². The maximum atomic E-state index is 12.5. The maximum absolute atomic E-state index is 12.5. The number of carboxylic acids is 1. The van der Waals surface area contributed by atoms with E-state index >= 15 is 0 Å². The number of benzene rings is 2. The molecule has 0 aliphatic rings. The lowest BCUT2D eigenvalue weighted by molar-refractivity contribution is -0.142. The molecule has 0 fully saturated rings. The van der Waals surface area contributed by atoms with Crippen LogP contribution >= 0.6 is 12.6 Å². The Kier molecular flexibility index (Phi) is 10.4. The zero-order chi connectivity index (χ0) is 24.2. The minimum Gasteiger partial charge on any atom is -0.480 e. The second-order valence-corrected chi connectivity index (χ2v) is 7.77. The minimum absolute atomic E-state index is 0.0588. The molecule has 3 amide bonds. The van der Waals surface area contributed by atoms with Gasteiger partial charge in [0, 0.05) is 12.2 Å². The number of carboxylic acid groups (broad SMARTS) is 1. The topological polar surface area (TPSA) is 151 Å². The van der Waals surface area contributed by atoms with Crippen molar-refractivity contribution in [1.82, 2.24) is 16.0 Å². The summed E-state index contributed by atoms with van der Waals surface area (Å²) in [6.45, 7) is -0.384. The van der Waals surface area contributed by atoms with Crippen LogP contribution in [0.4, 0.5) is 0 Å². The zero-order valence-electron chi connectivity index (χ0n) is 17.9. The lowest BCUT2D eigenvalue weighted by Gasteiger charge is -2.20. The van der Waals surface area contributed by atoms with Crippen LogP contribution in [-0.2, 0) is 32.0 Å². The lowest BCUT2D eigenvalue weighted by atomic mass is 10.1. The van der Waals surface area contributed by atoms with Gasteiger partial charge in [0.1, 0.15) is 12.1 Å². The van der Waals surface area contributed by atoms with E-state index in [1.165, 1.54) is 0 Å². The molecule has 0 bridgehead atoms. The lowest BCUT2D eigenvalue weighted by Crippen LogP contribution is -2.55. The van der Waals surface area contributed by atoms with Crippen molar-refractivity contribution in [2.24, 2.45) is 5.73 Å². The van der Waals surface area contributed by atoms with Crippen molar-refractivity contribution < 1.29 is 24.3 Å². The first-order valence-electron chi connectivity index (χ1n) is 10.3. The number of thiol groups is 1. The normalized spacial score (nSPS) is 13.3. The van der Waals surface area contributed by atoms with Crippen molar-refractivity contribution in [1.29, 1.82) is 0 Å². The summed E-state index contributed by atoms with van der Waals surface area (Å²) < 4.78 is 0. The van der Waals surface area contributed by atoms with Crippen LogP contribution in [0.1, 0.15) is 11.1 Å². The Bertz CT molecular complexity index is 942. The van der Waals surface area contributed by atoms with E-state index in [0.29, 0.717) is 6.42 Å². The van der Waals surface area contributed by atoms with Crippen molar-refractivity contribution in [2.45, 2.75) is 31.0 Å². The fourth-order valence-electron chi connectivity index (χ4n) is 3.02. The van der Waals surface area contributed by atoms with Crippen LogP contribution in [0.5, 0.6) is 0 Å². The van der Waals surface area contributed by atoms with E-state index < -0.39 is 41.8 Å². The first-order chi connectivity index (χ1) is 15.8. The molecule has 0 spiro atoms. The summed E-state index contributed by atoms with van der Waals surface area (Å²) in [5.74, 6) is -3.07.